The van der Waals surface area contributed by atoms with Crippen LogP contribution in [0.2, 0.25) is 0 Å². The smallest absolute Gasteiger partial charge is 0.278 e. The molecule has 0 bridgehead atoms. The van der Waals surface area contributed by atoms with E-state index in [2.05, 4.69) is 15.3 Å². The van der Waals surface area contributed by atoms with Gasteiger partial charge in [0.15, 0.2) is 5.69 Å². The van der Waals surface area contributed by atoms with Crippen LogP contribution in [0.15, 0.2) is 29.1 Å². The van der Waals surface area contributed by atoms with Crippen LogP contribution >= 0.6 is 0 Å². The minimum atomic E-state index is -0.393. The molecule has 1 aromatic heterocycles. The van der Waals surface area contributed by atoms with E-state index >= 15 is 0 Å². The summed E-state index contributed by atoms with van der Waals surface area (Å²) in [6, 6.07) is 7.52. The number of hydrogen-bond donors (Lipinski definition) is 3. The summed E-state index contributed by atoms with van der Waals surface area (Å²) in [5.41, 5.74) is 0.615. The summed E-state index contributed by atoms with van der Waals surface area (Å²) >= 11 is 0. The summed E-state index contributed by atoms with van der Waals surface area (Å²) in [6.45, 7) is 4.51. The van der Waals surface area contributed by atoms with E-state index in [0.717, 1.165) is 11.3 Å². The quantitative estimate of drug-likeness (QED) is 0.774. The topological polar surface area (TPSA) is 87.2 Å². The standard InChI is InChI=1S/C14H17N3O3/c1-3-20-11-6-4-5-10(7-11)8-15-12-13(18)16-9(2)17-14(12)19/h4-7,15H,3,8H2,1-2H3,(H2,16,17,18,19). The molecule has 0 aliphatic rings. The second kappa shape index (κ2) is 6.10. The van der Waals surface area contributed by atoms with Crippen LogP contribution in [-0.4, -0.2) is 21.7 Å². The number of H-pyrrole nitrogens is 1. The zero-order chi connectivity index (χ0) is 14.5. The van der Waals surface area contributed by atoms with Crippen LogP contribution in [0.4, 0.5) is 5.69 Å². The number of anilines is 1. The van der Waals surface area contributed by atoms with Gasteiger partial charge in [0.1, 0.15) is 11.6 Å². The van der Waals surface area contributed by atoms with E-state index < -0.39 is 5.56 Å². The van der Waals surface area contributed by atoms with Crippen LogP contribution in [0.1, 0.15) is 18.3 Å². The van der Waals surface area contributed by atoms with E-state index in [1.165, 1.54) is 0 Å². The minimum Gasteiger partial charge on any atom is -0.494 e. The Bertz CT molecular complexity index is 652. The maximum atomic E-state index is 11.7. The first-order chi connectivity index (χ1) is 9.60. The van der Waals surface area contributed by atoms with E-state index in [9.17, 15) is 9.90 Å². The number of aromatic hydroxyl groups is 1. The molecule has 20 heavy (non-hydrogen) atoms. The highest BCUT2D eigenvalue weighted by atomic mass is 16.5. The number of nitrogens with one attached hydrogen (secondary N) is 2. The van der Waals surface area contributed by atoms with Crippen LogP contribution in [-0.2, 0) is 6.54 Å². The van der Waals surface area contributed by atoms with Crippen molar-refractivity contribution in [1.29, 1.82) is 0 Å². The predicted molar refractivity (Wildman–Crippen MR) is 76.2 cm³/mol. The molecule has 3 N–H and O–H groups in total. The lowest BCUT2D eigenvalue weighted by molar-refractivity contribution is 0.340. The molecule has 2 aromatic rings. The highest BCUT2D eigenvalue weighted by Crippen LogP contribution is 2.17. The summed E-state index contributed by atoms with van der Waals surface area (Å²) in [7, 11) is 0. The second-order valence-electron chi connectivity index (χ2n) is 4.28. The zero-order valence-corrected chi connectivity index (χ0v) is 11.4. The summed E-state index contributed by atoms with van der Waals surface area (Å²) in [5, 5.41) is 12.6. The molecule has 0 saturated heterocycles. The van der Waals surface area contributed by atoms with Gasteiger partial charge in [0.2, 0.25) is 5.88 Å². The minimum absolute atomic E-state index is 0.0670. The number of rotatable bonds is 5. The third kappa shape index (κ3) is 3.28. The van der Waals surface area contributed by atoms with E-state index in [1.807, 2.05) is 31.2 Å². The number of hydrogen-bond acceptors (Lipinski definition) is 5. The summed E-state index contributed by atoms with van der Waals surface area (Å²) in [6.07, 6.45) is 0. The first kappa shape index (κ1) is 13.9. The van der Waals surface area contributed by atoms with Gasteiger partial charge < -0.3 is 20.1 Å². The molecular formula is C14H17N3O3. The lowest BCUT2D eigenvalue weighted by Crippen LogP contribution is -2.16. The van der Waals surface area contributed by atoms with Gasteiger partial charge in [-0.2, -0.15) is 4.98 Å². The molecule has 0 saturated carbocycles. The van der Waals surface area contributed by atoms with Gasteiger partial charge in [0.25, 0.3) is 5.56 Å². The molecule has 106 valence electrons. The molecule has 1 heterocycles. The molecule has 1 aromatic carbocycles. The molecule has 0 atom stereocenters. The molecule has 0 spiro atoms. The van der Waals surface area contributed by atoms with Gasteiger partial charge in [-0.1, -0.05) is 12.1 Å². The molecule has 2 rings (SSSR count). The Kier molecular flexibility index (Phi) is 4.24. The van der Waals surface area contributed by atoms with Crippen molar-refractivity contribution < 1.29 is 9.84 Å². The third-order valence-electron chi connectivity index (χ3n) is 2.70. The van der Waals surface area contributed by atoms with Crippen LogP contribution in [0.5, 0.6) is 11.6 Å². The molecule has 6 nitrogen and oxygen atoms in total. The molecule has 6 heteroatoms. The highest BCUT2D eigenvalue weighted by Gasteiger charge is 2.08. The van der Waals surface area contributed by atoms with Gasteiger partial charge in [-0.05, 0) is 31.5 Å². The van der Waals surface area contributed by atoms with Crippen LogP contribution < -0.4 is 15.6 Å². The summed E-state index contributed by atoms with van der Waals surface area (Å²) in [5.74, 6) is 0.843. The molecule has 0 aliphatic carbocycles. The largest absolute Gasteiger partial charge is 0.494 e. The number of nitrogens with zero attached hydrogens (tertiary/aromatic N) is 1. The average molecular weight is 275 g/mol. The number of aromatic nitrogens is 2. The Morgan fingerprint density at radius 2 is 2.25 bits per heavy atom. The molecule has 0 fully saturated rings. The van der Waals surface area contributed by atoms with E-state index in [0.29, 0.717) is 19.0 Å². The van der Waals surface area contributed by atoms with Crippen molar-refractivity contribution in [3.05, 3.63) is 46.0 Å². The van der Waals surface area contributed by atoms with E-state index in [1.54, 1.807) is 6.92 Å². The van der Waals surface area contributed by atoms with E-state index in [4.69, 9.17) is 4.74 Å². The second-order valence-corrected chi connectivity index (χ2v) is 4.28. The van der Waals surface area contributed by atoms with Crippen LogP contribution in [0.25, 0.3) is 0 Å². The van der Waals surface area contributed by atoms with Crippen molar-refractivity contribution in [2.24, 2.45) is 0 Å². The van der Waals surface area contributed by atoms with Crippen molar-refractivity contribution >= 4 is 5.69 Å². The molecule has 0 unspecified atom stereocenters. The van der Waals surface area contributed by atoms with Gasteiger partial charge in [0, 0.05) is 6.54 Å². The lowest BCUT2D eigenvalue weighted by atomic mass is 10.2. The predicted octanol–water partition coefficient (Wildman–Crippen LogP) is 1.79. The number of aromatic amines is 1. The Morgan fingerprint density at radius 1 is 1.45 bits per heavy atom. The fourth-order valence-corrected chi connectivity index (χ4v) is 1.83. The first-order valence-electron chi connectivity index (χ1n) is 6.35. The number of ether oxygens (including phenoxy) is 1. The normalized spacial score (nSPS) is 10.3. The van der Waals surface area contributed by atoms with Gasteiger partial charge >= 0.3 is 0 Å². The highest BCUT2D eigenvalue weighted by molar-refractivity contribution is 5.50. The molecule has 0 amide bonds. The third-order valence-corrected chi connectivity index (χ3v) is 2.70. The average Bonchev–Trinajstić information content (AvgIpc) is 2.38. The Labute approximate surface area is 116 Å². The van der Waals surface area contributed by atoms with Crippen molar-refractivity contribution in [2.75, 3.05) is 11.9 Å². The van der Waals surface area contributed by atoms with Gasteiger partial charge in [-0.3, -0.25) is 4.79 Å². The van der Waals surface area contributed by atoms with E-state index in [-0.39, 0.29) is 11.6 Å². The Morgan fingerprint density at radius 3 is 2.95 bits per heavy atom. The van der Waals surface area contributed by atoms with Crippen LogP contribution in [0, 0.1) is 6.92 Å². The maximum Gasteiger partial charge on any atom is 0.278 e. The Hall–Kier alpha value is -2.50. The summed E-state index contributed by atoms with van der Waals surface area (Å²) in [4.78, 5) is 18.0. The number of aryl methyl sites for hydroxylation is 1. The van der Waals surface area contributed by atoms with Crippen molar-refractivity contribution in [2.45, 2.75) is 20.4 Å². The van der Waals surface area contributed by atoms with Gasteiger partial charge in [0.05, 0.1) is 6.61 Å². The fourth-order valence-electron chi connectivity index (χ4n) is 1.83. The van der Waals surface area contributed by atoms with Crippen molar-refractivity contribution in [3.8, 4) is 11.6 Å². The maximum absolute atomic E-state index is 11.7. The number of benzene rings is 1. The molecular weight excluding hydrogens is 258 g/mol. The van der Waals surface area contributed by atoms with Gasteiger partial charge in [-0.25, -0.2) is 0 Å². The fraction of sp³-hybridized carbons (Fsp3) is 0.286. The van der Waals surface area contributed by atoms with Crippen molar-refractivity contribution in [3.63, 3.8) is 0 Å². The van der Waals surface area contributed by atoms with Crippen LogP contribution in [0.3, 0.4) is 0 Å². The molecule has 0 aliphatic heterocycles. The van der Waals surface area contributed by atoms with Crippen molar-refractivity contribution in [1.82, 2.24) is 9.97 Å². The first-order valence-corrected chi connectivity index (χ1v) is 6.35. The van der Waals surface area contributed by atoms with Gasteiger partial charge in [-0.15, -0.1) is 0 Å². The molecule has 0 radical (unpaired) electrons. The summed E-state index contributed by atoms with van der Waals surface area (Å²) < 4.78 is 5.40. The monoisotopic (exact) mass is 275 g/mol. The lowest BCUT2D eigenvalue weighted by Gasteiger charge is -2.09. The zero-order valence-electron chi connectivity index (χ0n) is 11.4. The Balaban J connectivity index is 2.13. The SMILES string of the molecule is CCOc1cccc(CNc2c(O)nc(C)[nH]c2=O)c1.